The van der Waals surface area contributed by atoms with E-state index in [2.05, 4.69) is 13.8 Å². The summed E-state index contributed by atoms with van der Waals surface area (Å²) in [6.45, 7) is 4.16. The van der Waals surface area contributed by atoms with E-state index in [4.69, 9.17) is 37.3 Å². The summed E-state index contributed by atoms with van der Waals surface area (Å²) in [6.07, 6.45) is 3.09. The maximum absolute atomic E-state index is 10.5. The first-order valence-corrected chi connectivity index (χ1v) is 13.6. The number of hydrogen-bond acceptors (Lipinski definition) is 7. The van der Waals surface area contributed by atoms with Gasteiger partial charge in [-0.1, -0.05) is 74.5 Å². The minimum atomic E-state index is -0.985. The summed E-state index contributed by atoms with van der Waals surface area (Å²) in [6, 6.07) is 20.5. The van der Waals surface area contributed by atoms with Gasteiger partial charge in [-0.25, -0.2) is 0 Å². The van der Waals surface area contributed by atoms with Gasteiger partial charge in [0.05, 0.1) is 7.11 Å². The largest absolute Gasteiger partial charge is 0.497 e. The monoisotopic (exact) mass is 581 g/mol. The van der Waals surface area contributed by atoms with Crippen LogP contribution in [0, 0.1) is 0 Å². The number of aliphatic carboxylic acids is 3. The summed E-state index contributed by atoms with van der Waals surface area (Å²) in [5.74, 6) is -2.15. The molecule has 0 fully saturated rings. The third kappa shape index (κ3) is 13.9. The predicted octanol–water partition coefficient (Wildman–Crippen LogP) is 3.06. The van der Waals surface area contributed by atoms with Crippen molar-refractivity contribution in [2.24, 2.45) is 17.2 Å². The quantitative estimate of drug-likeness (QED) is 0.185. The van der Waals surface area contributed by atoms with Crippen LogP contribution in [0.5, 0.6) is 5.75 Å². The number of carboxylic acid groups (broad SMARTS) is 3. The van der Waals surface area contributed by atoms with E-state index >= 15 is 0 Å². The second-order valence-electron chi connectivity index (χ2n) is 9.63. The van der Waals surface area contributed by atoms with Crippen molar-refractivity contribution in [1.82, 2.24) is 0 Å². The highest BCUT2D eigenvalue weighted by Crippen LogP contribution is 2.12. The molecule has 0 spiro atoms. The molecule has 10 nitrogen and oxygen atoms in total. The van der Waals surface area contributed by atoms with Crippen LogP contribution >= 0.6 is 0 Å². The number of ether oxygens (including phenoxy) is 1. The van der Waals surface area contributed by atoms with Gasteiger partial charge in [0, 0.05) is 0 Å². The van der Waals surface area contributed by atoms with E-state index in [1.807, 2.05) is 60.7 Å². The number of carbonyl (C=O) groups is 3. The van der Waals surface area contributed by atoms with Gasteiger partial charge in [0.2, 0.25) is 0 Å². The van der Waals surface area contributed by atoms with Gasteiger partial charge >= 0.3 is 17.9 Å². The number of methoxy groups -OCH3 is 1. The second-order valence-corrected chi connectivity index (χ2v) is 9.63. The van der Waals surface area contributed by atoms with E-state index in [1.165, 1.54) is 11.1 Å². The highest BCUT2D eigenvalue weighted by molar-refractivity contribution is 5.74. The Morgan fingerprint density at radius 1 is 0.548 bits per heavy atom. The number of rotatable bonds is 12. The summed E-state index contributed by atoms with van der Waals surface area (Å²) in [7, 11) is 1.58. The van der Waals surface area contributed by atoms with E-state index in [-0.39, 0.29) is 0 Å². The van der Waals surface area contributed by atoms with Gasteiger partial charge in [-0.05, 0) is 72.1 Å². The van der Waals surface area contributed by atoms with E-state index in [9.17, 15) is 14.4 Å². The van der Waals surface area contributed by atoms with Crippen molar-refractivity contribution in [2.45, 2.75) is 64.1 Å². The Kier molecular flexibility index (Phi) is 16.2. The zero-order chi connectivity index (χ0) is 31.7. The van der Waals surface area contributed by atoms with E-state index in [0.717, 1.165) is 35.3 Å². The Bertz CT molecular complexity index is 1070. The Morgan fingerprint density at radius 2 is 0.786 bits per heavy atom. The van der Waals surface area contributed by atoms with Gasteiger partial charge < -0.3 is 37.3 Å². The summed E-state index contributed by atoms with van der Waals surface area (Å²) >= 11 is 0. The average Bonchev–Trinajstić information content (AvgIpc) is 2.98. The zero-order valence-electron chi connectivity index (χ0n) is 24.4. The first kappa shape index (κ1) is 35.8. The topological polar surface area (TPSA) is 199 Å². The minimum absolute atomic E-state index is 0.333. The lowest BCUT2D eigenvalue weighted by Crippen LogP contribution is -2.32. The molecule has 228 valence electrons. The highest BCUT2D eigenvalue weighted by Gasteiger charge is 2.13. The molecule has 0 aliphatic heterocycles. The first-order valence-electron chi connectivity index (χ1n) is 13.6. The normalized spacial score (nSPS) is 12.3. The van der Waals surface area contributed by atoms with Crippen molar-refractivity contribution < 1.29 is 34.4 Å². The Hall–Kier alpha value is -4.25. The summed E-state index contributed by atoms with van der Waals surface area (Å²) in [4.78, 5) is 31.5. The Balaban J connectivity index is 0.000000315. The molecule has 0 saturated carbocycles. The third-order valence-electron chi connectivity index (χ3n) is 6.34. The molecule has 0 radical (unpaired) electrons. The highest BCUT2D eigenvalue weighted by atomic mass is 16.5. The van der Waals surface area contributed by atoms with Crippen LogP contribution in [0.1, 0.15) is 41.7 Å². The molecule has 3 atom stereocenters. The zero-order valence-corrected chi connectivity index (χ0v) is 24.4. The number of hydrogen-bond donors (Lipinski definition) is 6. The van der Waals surface area contributed by atoms with Gasteiger partial charge in [0.25, 0.3) is 0 Å². The van der Waals surface area contributed by atoms with Crippen LogP contribution < -0.4 is 21.9 Å². The molecule has 0 aliphatic carbocycles. The van der Waals surface area contributed by atoms with Crippen molar-refractivity contribution >= 4 is 17.9 Å². The van der Waals surface area contributed by atoms with Crippen LogP contribution in [0.2, 0.25) is 0 Å². The minimum Gasteiger partial charge on any atom is -0.497 e. The molecule has 3 aromatic rings. The second kappa shape index (κ2) is 19.0. The van der Waals surface area contributed by atoms with Crippen molar-refractivity contribution in [1.29, 1.82) is 0 Å². The molecule has 3 rings (SSSR count). The van der Waals surface area contributed by atoms with Crippen molar-refractivity contribution in [2.75, 3.05) is 7.11 Å². The molecule has 42 heavy (non-hydrogen) atoms. The molecule has 9 N–H and O–H groups in total. The number of benzene rings is 3. The lowest BCUT2D eigenvalue weighted by molar-refractivity contribution is -0.139. The number of carboxylic acids is 3. The van der Waals surface area contributed by atoms with Crippen LogP contribution in [0.25, 0.3) is 0 Å². The van der Waals surface area contributed by atoms with Gasteiger partial charge in [-0.15, -0.1) is 0 Å². The van der Waals surface area contributed by atoms with E-state index < -0.39 is 36.0 Å². The van der Waals surface area contributed by atoms with Crippen molar-refractivity contribution in [3.05, 3.63) is 101 Å². The predicted molar refractivity (Wildman–Crippen MR) is 163 cm³/mol. The Labute approximate surface area is 247 Å². The molecule has 0 aliphatic rings. The van der Waals surface area contributed by atoms with E-state index in [0.29, 0.717) is 19.3 Å². The van der Waals surface area contributed by atoms with Crippen LogP contribution in [-0.2, 0) is 46.5 Å². The van der Waals surface area contributed by atoms with Crippen molar-refractivity contribution in [3.8, 4) is 5.75 Å². The average molecular weight is 582 g/mol. The fourth-order valence-corrected chi connectivity index (χ4v) is 3.61. The molecule has 0 bridgehead atoms. The molecule has 0 saturated heterocycles. The van der Waals surface area contributed by atoms with Crippen molar-refractivity contribution in [3.63, 3.8) is 0 Å². The molecule has 0 amide bonds. The standard InChI is InChI=1S/2C11H15NO2.C10H13NO3/c2*1-2-8-3-5-9(6-4-8)7-10(12)11(13)14;1-14-8-4-2-7(3-5-8)6-9(11)10(12)13/h2*3-6,10H,2,7,12H2,1H3,(H,13,14);2-5,9H,6,11H2,1H3,(H,12,13)/t2*10-;9-/m000/s1. The van der Waals surface area contributed by atoms with Crippen LogP contribution in [0.4, 0.5) is 0 Å². The lowest BCUT2D eigenvalue weighted by atomic mass is 10.0. The Morgan fingerprint density at radius 3 is 1.00 bits per heavy atom. The summed E-state index contributed by atoms with van der Waals surface area (Å²) in [5, 5.41) is 25.8. The molecule has 10 heteroatoms. The summed E-state index contributed by atoms with van der Waals surface area (Å²) in [5.41, 5.74) is 21.6. The molecular weight excluding hydrogens is 538 g/mol. The summed E-state index contributed by atoms with van der Waals surface area (Å²) < 4.78 is 4.97. The number of nitrogens with two attached hydrogens (primary N) is 3. The smallest absolute Gasteiger partial charge is 0.320 e. The maximum atomic E-state index is 10.5. The van der Waals surface area contributed by atoms with Crippen LogP contribution in [-0.4, -0.2) is 58.5 Å². The lowest BCUT2D eigenvalue weighted by Gasteiger charge is -2.06. The van der Waals surface area contributed by atoms with Gasteiger partial charge in [0.1, 0.15) is 23.9 Å². The van der Waals surface area contributed by atoms with Gasteiger partial charge in [0.15, 0.2) is 0 Å². The molecule has 3 aromatic carbocycles. The van der Waals surface area contributed by atoms with Crippen LogP contribution in [0.15, 0.2) is 72.8 Å². The van der Waals surface area contributed by atoms with E-state index in [1.54, 1.807) is 19.2 Å². The molecular formula is C32H43N3O7. The SMILES string of the molecule is CCc1ccc(C[C@H](N)C(=O)O)cc1.CCc1ccc(C[C@H](N)C(=O)O)cc1.COc1ccc(C[C@H](N)C(=O)O)cc1. The molecule has 0 heterocycles. The fourth-order valence-electron chi connectivity index (χ4n) is 3.61. The third-order valence-corrected chi connectivity index (χ3v) is 6.34. The fraction of sp³-hybridized carbons (Fsp3) is 0.344. The van der Waals surface area contributed by atoms with Gasteiger partial charge in [-0.2, -0.15) is 0 Å². The van der Waals surface area contributed by atoms with Gasteiger partial charge in [-0.3, -0.25) is 14.4 Å². The molecule has 0 unspecified atom stereocenters. The number of aryl methyl sites for hydroxylation is 2. The van der Waals surface area contributed by atoms with Crippen LogP contribution in [0.3, 0.4) is 0 Å². The first-order chi connectivity index (χ1) is 19.9. The molecule has 0 aromatic heterocycles. The maximum Gasteiger partial charge on any atom is 0.320 e.